The number of benzene rings is 1. The highest BCUT2D eigenvalue weighted by Crippen LogP contribution is 2.31. The van der Waals surface area contributed by atoms with Gasteiger partial charge in [-0.1, -0.05) is 18.2 Å². The van der Waals surface area contributed by atoms with Crippen molar-refractivity contribution < 1.29 is 9.53 Å². The first-order valence-electron chi connectivity index (χ1n) is 7.62. The molecule has 1 amide bonds. The number of nitrogens with one attached hydrogen (secondary N) is 3. The van der Waals surface area contributed by atoms with Crippen molar-refractivity contribution in [1.29, 1.82) is 0 Å². The van der Waals surface area contributed by atoms with Gasteiger partial charge in [-0.3, -0.25) is 9.89 Å². The Kier molecular flexibility index (Phi) is 3.49. The molecule has 122 valence electrons. The van der Waals surface area contributed by atoms with Crippen molar-refractivity contribution in [3.8, 4) is 17.4 Å². The number of hydrogen-bond acceptors (Lipinski definition) is 5. The van der Waals surface area contributed by atoms with Crippen LogP contribution in [-0.2, 0) is 6.42 Å². The van der Waals surface area contributed by atoms with Gasteiger partial charge in [0.1, 0.15) is 17.8 Å². The lowest BCUT2D eigenvalue weighted by molar-refractivity contribution is 0.0950. The zero-order valence-electron chi connectivity index (χ0n) is 13.0. The standard InChI is InChI=1S/C16H16N6O2/c1-24-12-5-3-2-4-10(12)9-6-11-13(16(23)17-7-9)21-15(20-11)14-18-8-19-22-14/h2-5,8-9H,6-7H2,1H3,(H,17,23)(H,20,21)(H,18,19,22). The van der Waals surface area contributed by atoms with Crippen molar-refractivity contribution in [2.75, 3.05) is 13.7 Å². The lowest BCUT2D eigenvalue weighted by Crippen LogP contribution is -2.26. The molecule has 24 heavy (non-hydrogen) atoms. The minimum atomic E-state index is -0.190. The fourth-order valence-electron chi connectivity index (χ4n) is 3.02. The number of carbonyl (C=O) groups is 1. The molecular weight excluding hydrogens is 308 g/mol. The van der Waals surface area contributed by atoms with Crippen LogP contribution in [0.25, 0.3) is 11.6 Å². The van der Waals surface area contributed by atoms with E-state index in [4.69, 9.17) is 4.74 Å². The van der Waals surface area contributed by atoms with Gasteiger partial charge in [-0.25, -0.2) is 9.97 Å². The topological polar surface area (TPSA) is 109 Å². The largest absolute Gasteiger partial charge is 0.496 e. The molecule has 0 radical (unpaired) electrons. The molecule has 4 rings (SSSR count). The van der Waals surface area contributed by atoms with E-state index < -0.39 is 0 Å². The molecule has 1 atom stereocenters. The van der Waals surface area contributed by atoms with Gasteiger partial charge in [-0.15, -0.1) is 0 Å². The predicted octanol–water partition coefficient (Wildman–Crippen LogP) is 1.27. The number of hydrogen-bond donors (Lipinski definition) is 3. The van der Waals surface area contributed by atoms with Gasteiger partial charge in [0, 0.05) is 18.2 Å². The molecular formula is C16H16N6O2. The molecule has 3 aromatic rings. The molecule has 1 aliphatic heterocycles. The van der Waals surface area contributed by atoms with Crippen LogP contribution in [0.2, 0.25) is 0 Å². The van der Waals surface area contributed by atoms with Gasteiger partial charge in [0.25, 0.3) is 5.91 Å². The Labute approximate surface area is 137 Å². The number of aromatic nitrogens is 5. The van der Waals surface area contributed by atoms with E-state index in [1.54, 1.807) is 7.11 Å². The van der Waals surface area contributed by atoms with Crippen molar-refractivity contribution in [3.63, 3.8) is 0 Å². The van der Waals surface area contributed by atoms with Crippen molar-refractivity contribution >= 4 is 5.91 Å². The number of nitrogens with zero attached hydrogens (tertiary/aromatic N) is 3. The number of H-pyrrole nitrogens is 2. The number of imidazole rings is 1. The predicted molar refractivity (Wildman–Crippen MR) is 85.7 cm³/mol. The van der Waals surface area contributed by atoms with Crippen molar-refractivity contribution in [2.45, 2.75) is 12.3 Å². The molecule has 0 bridgehead atoms. The zero-order chi connectivity index (χ0) is 16.5. The molecule has 0 aliphatic carbocycles. The number of para-hydroxylation sites is 1. The maximum atomic E-state index is 12.3. The molecule has 1 aliphatic rings. The highest BCUT2D eigenvalue weighted by molar-refractivity contribution is 5.94. The fraction of sp³-hybridized carbons (Fsp3) is 0.250. The van der Waals surface area contributed by atoms with Crippen LogP contribution in [-0.4, -0.2) is 44.7 Å². The van der Waals surface area contributed by atoms with E-state index in [0.717, 1.165) is 17.0 Å². The molecule has 0 saturated carbocycles. The first-order valence-corrected chi connectivity index (χ1v) is 7.62. The van der Waals surface area contributed by atoms with Crippen LogP contribution in [0.4, 0.5) is 0 Å². The monoisotopic (exact) mass is 324 g/mol. The van der Waals surface area contributed by atoms with E-state index in [1.807, 2.05) is 24.3 Å². The summed E-state index contributed by atoms with van der Waals surface area (Å²) in [4.78, 5) is 24.0. The van der Waals surface area contributed by atoms with Gasteiger partial charge in [-0.05, 0) is 18.1 Å². The quantitative estimate of drug-likeness (QED) is 0.672. The zero-order valence-corrected chi connectivity index (χ0v) is 13.0. The summed E-state index contributed by atoms with van der Waals surface area (Å²) in [5.74, 6) is 1.73. The first kappa shape index (κ1) is 14.4. The van der Waals surface area contributed by atoms with Crippen LogP contribution in [0.5, 0.6) is 5.75 Å². The van der Waals surface area contributed by atoms with E-state index in [0.29, 0.717) is 30.3 Å². The Balaban J connectivity index is 1.72. The number of amides is 1. The Morgan fingerprint density at radius 3 is 2.92 bits per heavy atom. The summed E-state index contributed by atoms with van der Waals surface area (Å²) in [6.07, 6.45) is 2.05. The summed E-state index contributed by atoms with van der Waals surface area (Å²) < 4.78 is 5.46. The van der Waals surface area contributed by atoms with E-state index in [1.165, 1.54) is 6.33 Å². The SMILES string of the molecule is COc1ccccc1C1CNC(=O)c2nc(-c3ncn[nH]3)[nH]c2C1. The van der Waals surface area contributed by atoms with E-state index in [-0.39, 0.29) is 11.8 Å². The van der Waals surface area contributed by atoms with Crippen molar-refractivity contribution in [3.05, 3.63) is 47.5 Å². The van der Waals surface area contributed by atoms with E-state index >= 15 is 0 Å². The van der Waals surface area contributed by atoms with Gasteiger partial charge in [-0.2, -0.15) is 5.10 Å². The second kappa shape index (κ2) is 5.80. The molecule has 8 heteroatoms. The molecule has 1 unspecified atom stereocenters. The molecule has 8 nitrogen and oxygen atoms in total. The van der Waals surface area contributed by atoms with E-state index in [2.05, 4.69) is 30.5 Å². The second-order valence-electron chi connectivity index (χ2n) is 5.60. The summed E-state index contributed by atoms with van der Waals surface area (Å²) in [6.45, 7) is 0.529. The van der Waals surface area contributed by atoms with Crippen molar-refractivity contribution in [1.82, 2.24) is 30.5 Å². The maximum Gasteiger partial charge on any atom is 0.271 e. The third kappa shape index (κ3) is 2.41. The average Bonchev–Trinajstić information content (AvgIpc) is 3.25. The minimum absolute atomic E-state index is 0.0920. The lowest BCUT2D eigenvalue weighted by atomic mass is 9.93. The summed E-state index contributed by atoms with van der Waals surface area (Å²) in [5, 5.41) is 9.50. The number of carbonyl (C=O) groups excluding carboxylic acids is 1. The first-order chi connectivity index (χ1) is 11.8. The van der Waals surface area contributed by atoms with E-state index in [9.17, 15) is 4.79 Å². The third-order valence-corrected chi connectivity index (χ3v) is 4.17. The van der Waals surface area contributed by atoms with Crippen LogP contribution in [0, 0.1) is 0 Å². The molecule has 3 N–H and O–H groups in total. The normalized spacial score (nSPS) is 17.0. The maximum absolute atomic E-state index is 12.3. The summed E-state index contributed by atoms with van der Waals surface area (Å²) in [5.41, 5.74) is 2.25. The van der Waals surface area contributed by atoms with Crippen LogP contribution in [0.3, 0.4) is 0 Å². The molecule has 0 spiro atoms. The summed E-state index contributed by atoms with van der Waals surface area (Å²) in [7, 11) is 1.65. The minimum Gasteiger partial charge on any atom is -0.496 e. The average molecular weight is 324 g/mol. The summed E-state index contributed by atoms with van der Waals surface area (Å²) >= 11 is 0. The molecule has 0 saturated heterocycles. The van der Waals surface area contributed by atoms with Crippen LogP contribution in [0.15, 0.2) is 30.6 Å². The number of aromatic amines is 2. The van der Waals surface area contributed by atoms with Crippen LogP contribution >= 0.6 is 0 Å². The van der Waals surface area contributed by atoms with Crippen molar-refractivity contribution in [2.24, 2.45) is 0 Å². The highest BCUT2D eigenvalue weighted by atomic mass is 16.5. The fourth-order valence-corrected chi connectivity index (χ4v) is 3.02. The Hall–Kier alpha value is -3.16. The van der Waals surface area contributed by atoms with Crippen LogP contribution in [0.1, 0.15) is 27.7 Å². The Bertz CT molecular complexity index is 871. The van der Waals surface area contributed by atoms with Gasteiger partial charge < -0.3 is 15.0 Å². The molecule has 2 aromatic heterocycles. The second-order valence-corrected chi connectivity index (χ2v) is 5.60. The van der Waals surface area contributed by atoms with Gasteiger partial charge in [0.2, 0.25) is 0 Å². The molecule has 0 fully saturated rings. The number of ether oxygens (including phenoxy) is 1. The number of methoxy groups -OCH3 is 1. The number of rotatable bonds is 3. The molecule has 1 aromatic carbocycles. The molecule has 3 heterocycles. The summed E-state index contributed by atoms with van der Waals surface area (Å²) in [6, 6.07) is 7.85. The third-order valence-electron chi connectivity index (χ3n) is 4.17. The smallest absolute Gasteiger partial charge is 0.271 e. The van der Waals surface area contributed by atoms with Gasteiger partial charge in [0.15, 0.2) is 11.6 Å². The Morgan fingerprint density at radius 2 is 2.12 bits per heavy atom. The van der Waals surface area contributed by atoms with Gasteiger partial charge >= 0.3 is 0 Å². The lowest BCUT2D eigenvalue weighted by Gasteiger charge is -2.17. The van der Waals surface area contributed by atoms with Gasteiger partial charge in [0.05, 0.1) is 7.11 Å². The highest BCUT2D eigenvalue weighted by Gasteiger charge is 2.28. The number of fused-ring (bicyclic) bond motifs is 1. The van der Waals surface area contributed by atoms with Crippen LogP contribution < -0.4 is 10.1 Å². The Morgan fingerprint density at radius 1 is 1.25 bits per heavy atom.